The lowest BCUT2D eigenvalue weighted by atomic mass is 10.0. The maximum Gasteiger partial charge on any atom is 0.368 e. The van der Waals surface area contributed by atoms with Gasteiger partial charge in [-0.15, -0.1) is 0 Å². The first-order valence-electron chi connectivity index (χ1n) is 10.3. The van der Waals surface area contributed by atoms with Crippen molar-refractivity contribution in [1.29, 1.82) is 0 Å². The van der Waals surface area contributed by atoms with Crippen LogP contribution in [0.2, 0.25) is 0 Å². The van der Waals surface area contributed by atoms with Gasteiger partial charge in [-0.2, -0.15) is 0 Å². The largest absolute Gasteiger partial charge is 0.497 e. The van der Waals surface area contributed by atoms with Gasteiger partial charge in [0.25, 0.3) is 0 Å². The van der Waals surface area contributed by atoms with Gasteiger partial charge in [-0.3, -0.25) is 0 Å². The zero-order valence-electron chi connectivity index (χ0n) is 17.6. The van der Waals surface area contributed by atoms with Crippen LogP contribution in [0.3, 0.4) is 0 Å². The van der Waals surface area contributed by atoms with E-state index in [-0.39, 0.29) is 18.6 Å². The van der Waals surface area contributed by atoms with Crippen LogP contribution in [0.4, 0.5) is 8.78 Å². The van der Waals surface area contributed by atoms with E-state index in [2.05, 4.69) is 5.16 Å². The molecule has 1 saturated carbocycles. The number of hydrogen-bond acceptors (Lipinski definition) is 6. The summed E-state index contributed by atoms with van der Waals surface area (Å²) in [6.45, 7) is 0.196. The fourth-order valence-corrected chi connectivity index (χ4v) is 3.90. The Balaban J connectivity index is 1.41. The molecule has 2 unspecified atom stereocenters. The highest BCUT2D eigenvalue weighted by molar-refractivity contribution is 6.05. The molecule has 0 aromatic heterocycles. The van der Waals surface area contributed by atoms with Gasteiger partial charge >= 0.3 is 5.97 Å². The molecule has 1 aliphatic carbocycles. The van der Waals surface area contributed by atoms with Crippen molar-refractivity contribution in [3.8, 4) is 17.2 Å². The molecule has 1 aliphatic heterocycles. The van der Waals surface area contributed by atoms with E-state index in [9.17, 15) is 13.6 Å². The third-order valence-corrected chi connectivity index (χ3v) is 5.73. The van der Waals surface area contributed by atoms with Gasteiger partial charge in [-0.05, 0) is 72.0 Å². The number of rotatable bonds is 6. The summed E-state index contributed by atoms with van der Waals surface area (Å²) < 4.78 is 43.2. The van der Waals surface area contributed by atoms with E-state index < -0.39 is 23.2 Å². The van der Waals surface area contributed by atoms with Crippen LogP contribution in [0.5, 0.6) is 17.2 Å². The summed E-state index contributed by atoms with van der Waals surface area (Å²) in [5, 5.41) is 4.11. The molecule has 0 bridgehead atoms. The lowest BCUT2D eigenvalue weighted by molar-refractivity contribution is 0.0510. The average Bonchev–Trinajstić information content (AvgIpc) is 3.46. The van der Waals surface area contributed by atoms with E-state index in [0.717, 1.165) is 29.7 Å². The summed E-state index contributed by atoms with van der Waals surface area (Å²) in [5.74, 6) is -0.604. The van der Waals surface area contributed by atoms with Crippen molar-refractivity contribution in [2.24, 2.45) is 11.1 Å². The second-order valence-corrected chi connectivity index (χ2v) is 7.77. The first-order chi connectivity index (χ1) is 16.0. The molecule has 8 heteroatoms. The monoisotopic (exact) mass is 451 g/mol. The SMILES string of the molecule is COc1ccc(/C(=N\OC(=O)c2ccc(F)cc2F)C2CC2c2ccc3c(c2)OCO3)cc1. The molecule has 2 atom stereocenters. The number of ether oxygens (including phenoxy) is 3. The Morgan fingerprint density at radius 2 is 1.79 bits per heavy atom. The van der Waals surface area contributed by atoms with Crippen molar-refractivity contribution in [1.82, 2.24) is 0 Å². The second-order valence-electron chi connectivity index (χ2n) is 7.77. The van der Waals surface area contributed by atoms with Gasteiger partial charge in [-0.1, -0.05) is 11.2 Å². The van der Waals surface area contributed by atoms with E-state index in [0.29, 0.717) is 29.0 Å². The normalized spacial score (nSPS) is 18.7. The number of benzene rings is 3. The molecule has 0 saturated heterocycles. The molecular formula is C25H19F2NO5. The minimum absolute atomic E-state index is 0.0235. The lowest BCUT2D eigenvalue weighted by Gasteiger charge is -2.09. The second kappa shape index (κ2) is 8.54. The van der Waals surface area contributed by atoms with Gasteiger partial charge in [0.2, 0.25) is 6.79 Å². The van der Waals surface area contributed by atoms with Crippen molar-refractivity contribution in [3.05, 3.63) is 89.0 Å². The van der Waals surface area contributed by atoms with Crippen LogP contribution in [-0.2, 0) is 4.84 Å². The van der Waals surface area contributed by atoms with E-state index in [1.54, 1.807) is 19.2 Å². The van der Waals surface area contributed by atoms with Gasteiger partial charge in [0, 0.05) is 12.0 Å². The van der Waals surface area contributed by atoms with Crippen molar-refractivity contribution < 1.29 is 32.6 Å². The molecule has 3 aromatic carbocycles. The highest BCUT2D eigenvalue weighted by Gasteiger charge is 2.43. The summed E-state index contributed by atoms with van der Waals surface area (Å²) >= 11 is 0. The third-order valence-electron chi connectivity index (χ3n) is 5.73. The summed E-state index contributed by atoms with van der Waals surface area (Å²) in [4.78, 5) is 17.5. The van der Waals surface area contributed by atoms with Gasteiger partial charge in [0.05, 0.1) is 18.4 Å². The van der Waals surface area contributed by atoms with Crippen LogP contribution in [0.15, 0.2) is 65.8 Å². The Hall–Kier alpha value is -3.94. The predicted octanol–water partition coefficient (Wildman–Crippen LogP) is 5.07. The van der Waals surface area contributed by atoms with Gasteiger partial charge < -0.3 is 19.0 Å². The van der Waals surface area contributed by atoms with Crippen molar-refractivity contribution in [2.75, 3.05) is 13.9 Å². The number of halogens is 2. The molecule has 33 heavy (non-hydrogen) atoms. The van der Waals surface area contributed by atoms with Gasteiger partial charge in [0.15, 0.2) is 11.5 Å². The van der Waals surface area contributed by atoms with E-state index in [1.165, 1.54) is 0 Å². The zero-order valence-corrected chi connectivity index (χ0v) is 17.6. The maximum absolute atomic E-state index is 14.0. The quantitative estimate of drug-likeness (QED) is 0.298. The highest BCUT2D eigenvalue weighted by Crippen LogP contribution is 2.51. The molecular weight excluding hydrogens is 432 g/mol. The molecule has 3 aromatic rings. The van der Waals surface area contributed by atoms with Gasteiger partial charge in [-0.25, -0.2) is 13.6 Å². The molecule has 6 nitrogen and oxygen atoms in total. The Bertz CT molecular complexity index is 1240. The molecule has 0 radical (unpaired) electrons. The molecule has 0 spiro atoms. The first-order valence-corrected chi connectivity index (χ1v) is 10.3. The number of oxime groups is 1. The number of carbonyl (C=O) groups is 1. The first kappa shape index (κ1) is 20.9. The van der Waals surface area contributed by atoms with Crippen molar-refractivity contribution in [2.45, 2.75) is 12.3 Å². The fourth-order valence-electron chi connectivity index (χ4n) is 3.90. The molecule has 168 valence electrons. The summed E-state index contributed by atoms with van der Waals surface area (Å²) in [6, 6.07) is 15.6. The number of fused-ring (bicyclic) bond motifs is 1. The zero-order chi connectivity index (χ0) is 22.9. The highest BCUT2D eigenvalue weighted by atomic mass is 19.1. The van der Waals surface area contributed by atoms with Crippen molar-refractivity contribution in [3.63, 3.8) is 0 Å². The molecule has 1 heterocycles. The number of carbonyl (C=O) groups excluding carboxylic acids is 1. The fraction of sp³-hybridized carbons (Fsp3) is 0.200. The van der Waals surface area contributed by atoms with Crippen LogP contribution < -0.4 is 14.2 Å². The van der Waals surface area contributed by atoms with Gasteiger partial charge in [0.1, 0.15) is 17.4 Å². The Morgan fingerprint density at radius 1 is 1.00 bits per heavy atom. The number of hydrogen-bond donors (Lipinski definition) is 0. The summed E-state index contributed by atoms with van der Waals surface area (Å²) in [5.41, 5.74) is 1.96. The number of methoxy groups -OCH3 is 1. The smallest absolute Gasteiger partial charge is 0.368 e. The summed E-state index contributed by atoms with van der Waals surface area (Å²) in [6.07, 6.45) is 0.785. The van der Waals surface area contributed by atoms with Crippen LogP contribution in [0.1, 0.15) is 33.8 Å². The van der Waals surface area contributed by atoms with Crippen LogP contribution >= 0.6 is 0 Å². The number of nitrogens with zero attached hydrogens (tertiary/aromatic N) is 1. The average molecular weight is 451 g/mol. The molecule has 5 rings (SSSR count). The van der Waals surface area contributed by atoms with Crippen LogP contribution in [0.25, 0.3) is 0 Å². The Labute approximate surface area is 188 Å². The maximum atomic E-state index is 14.0. The van der Waals surface area contributed by atoms with E-state index in [1.807, 2.05) is 30.3 Å². The van der Waals surface area contributed by atoms with Crippen LogP contribution in [-0.4, -0.2) is 25.6 Å². The lowest BCUT2D eigenvalue weighted by Crippen LogP contribution is -2.10. The molecule has 0 amide bonds. The Kier molecular flexibility index (Phi) is 5.42. The summed E-state index contributed by atoms with van der Waals surface area (Å²) in [7, 11) is 1.57. The minimum atomic E-state index is -1.01. The van der Waals surface area contributed by atoms with Crippen molar-refractivity contribution >= 4 is 11.7 Å². The minimum Gasteiger partial charge on any atom is -0.497 e. The van der Waals surface area contributed by atoms with Crippen LogP contribution in [0, 0.1) is 17.6 Å². The topological polar surface area (TPSA) is 66.4 Å². The Morgan fingerprint density at radius 3 is 2.55 bits per heavy atom. The standard InChI is InChI=1S/C25H19F2NO5/c1-30-17-6-2-14(3-7-17)24(28-33-25(29)18-8-5-16(26)11-21(18)27)20-12-19(20)15-4-9-22-23(10-15)32-13-31-22/h2-11,19-20H,12-13H2,1H3/b28-24+. The third kappa shape index (κ3) is 4.24. The molecule has 2 aliphatic rings. The molecule has 0 N–H and O–H groups in total. The van der Waals surface area contributed by atoms with E-state index in [4.69, 9.17) is 19.0 Å². The molecule has 1 fully saturated rings. The predicted molar refractivity (Wildman–Crippen MR) is 115 cm³/mol. The van der Waals surface area contributed by atoms with E-state index >= 15 is 0 Å².